The summed E-state index contributed by atoms with van der Waals surface area (Å²) >= 11 is 0. The maximum atomic E-state index is 13.1. The van der Waals surface area contributed by atoms with E-state index in [1.807, 2.05) is 4.90 Å². The van der Waals surface area contributed by atoms with E-state index in [9.17, 15) is 9.59 Å². The van der Waals surface area contributed by atoms with Crippen LogP contribution in [-0.2, 0) is 0 Å². The van der Waals surface area contributed by atoms with E-state index in [1.165, 1.54) is 12.7 Å². The second kappa shape index (κ2) is 6.13. The lowest BCUT2D eigenvalue weighted by Crippen LogP contribution is -2.52. The molecule has 3 aliphatic rings. The minimum absolute atomic E-state index is 0.0160. The molecule has 9 nitrogen and oxygen atoms in total. The Morgan fingerprint density at radius 3 is 2.93 bits per heavy atom. The van der Waals surface area contributed by atoms with Gasteiger partial charge in [0.25, 0.3) is 11.8 Å². The molecule has 29 heavy (non-hydrogen) atoms. The highest BCUT2D eigenvalue weighted by Gasteiger charge is 2.49. The zero-order valence-electron chi connectivity index (χ0n) is 15.7. The number of rotatable bonds is 4. The van der Waals surface area contributed by atoms with Gasteiger partial charge in [0.1, 0.15) is 17.7 Å². The molecule has 2 saturated carbocycles. The molecule has 6 rings (SSSR count). The first-order valence-corrected chi connectivity index (χ1v) is 10.0. The van der Waals surface area contributed by atoms with Gasteiger partial charge in [0.2, 0.25) is 5.76 Å². The minimum Gasteiger partial charge on any atom is -0.438 e. The molecule has 0 spiro atoms. The number of oxazole rings is 1. The number of amides is 2. The van der Waals surface area contributed by atoms with Gasteiger partial charge in [-0.15, -0.1) is 0 Å². The van der Waals surface area contributed by atoms with E-state index in [0.29, 0.717) is 35.5 Å². The lowest BCUT2D eigenvalue weighted by molar-refractivity contribution is 0.0617. The predicted octanol–water partition coefficient (Wildman–Crippen LogP) is 1.86. The molecule has 3 fully saturated rings. The zero-order valence-corrected chi connectivity index (χ0v) is 15.7. The molecular formula is C20H20N6O3. The van der Waals surface area contributed by atoms with Crippen molar-refractivity contribution in [3.63, 3.8) is 0 Å². The summed E-state index contributed by atoms with van der Waals surface area (Å²) in [5.41, 5.74) is 1.87. The van der Waals surface area contributed by atoms with Gasteiger partial charge in [-0.3, -0.25) is 9.59 Å². The third-order valence-electron chi connectivity index (χ3n) is 6.35. The topological polar surface area (TPSA) is 117 Å². The number of carbonyl (C=O) groups is 2. The summed E-state index contributed by atoms with van der Waals surface area (Å²) in [6.07, 6.45) is 8.39. The SMILES string of the molecule is O=C(N[C@@H]1C[C@@H]2C[C@H]1N(C(=O)c1ocnc1C1CC1)C2)c1cc2cncnc2[nH]1. The van der Waals surface area contributed by atoms with Gasteiger partial charge in [-0.05, 0) is 37.7 Å². The third-order valence-corrected chi connectivity index (χ3v) is 6.35. The summed E-state index contributed by atoms with van der Waals surface area (Å²) < 4.78 is 5.46. The average molecular weight is 392 g/mol. The number of H-pyrrole nitrogens is 1. The van der Waals surface area contributed by atoms with Crippen LogP contribution in [0.2, 0.25) is 0 Å². The Balaban J connectivity index is 1.20. The molecule has 148 valence electrons. The first kappa shape index (κ1) is 16.7. The molecule has 3 atom stereocenters. The summed E-state index contributed by atoms with van der Waals surface area (Å²) in [5, 5.41) is 3.90. The van der Waals surface area contributed by atoms with E-state index >= 15 is 0 Å². The zero-order chi connectivity index (χ0) is 19.5. The largest absolute Gasteiger partial charge is 0.438 e. The fourth-order valence-corrected chi connectivity index (χ4v) is 4.84. The van der Waals surface area contributed by atoms with Crippen molar-refractivity contribution in [2.45, 2.75) is 43.7 Å². The summed E-state index contributed by atoms with van der Waals surface area (Å²) in [4.78, 5) is 43.2. The van der Waals surface area contributed by atoms with Crippen LogP contribution in [0, 0.1) is 5.92 Å². The van der Waals surface area contributed by atoms with Crippen molar-refractivity contribution in [1.82, 2.24) is 30.2 Å². The first-order chi connectivity index (χ1) is 14.2. The number of hydrogen-bond donors (Lipinski definition) is 2. The molecule has 2 bridgehead atoms. The normalized spacial score (nSPS) is 25.7. The molecule has 3 aromatic rings. The number of nitrogens with one attached hydrogen (secondary N) is 2. The Labute approximate surface area is 165 Å². The van der Waals surface area contributed by atoms with Crippen LogP contribution in [-0.4, -0.2) is 55.3 Å². The molecule has 2 N–H and O–H groups in total. The lowest BCUT2D eigenvalue weighted by Gasteiger charge is -2.33. The highest BCUT2D eigenvalue weighted by atomic mass is 16.3. The van der Waals surface area contributed by atoms with Crippen molar-refractivity contribution in [2.24, 2.45) is 5.92 Å². The Bertz CT molecular complexity index is 1080. The maximum absolute atomic E-state index is 13.1. The van der Waals surface area contributed by atoms with Crippen LogP contribution in [0.4, 0.5) is 0 Å². The number of nitrogens with zero attached hydrogens (tertiary/aromatic N) is 4. The molecule has 4 heterocycles. The maximum Gasteiger partial charge on any atom is 0.291 e. The van der Waals surface area contributed by atoms with Crippen LogP contribution in [0.1, 0.15) is 58.3 Å². The smallest absolute Gasteiger partial charge is 0.291 e. The average Bonchev–Trinajstić information content (AvgIpc) is 3.12. The van der Waals surface area contributed by atoms with Crippen LogP contribution >= 0.6 is 0 Å². The van der Waals surface area contributed by atoms with Crippen molar-refractivity contribution < 1.29 is 14.0 Å². The van der Waals surface area contributed by atoms with Gasteiger partial charge < -0.3 is 19.6 Å². The van der Waals surface area contributed by atoms with E-state index in [1.54, 1.807) is 12.3 Å². The second-order valence-electron chi connectivity index (χ2n) is 8.29. The van der Waals surface area contributed by atoms with Crippen LogP contribution in [0.15, 0.2) is 29.4 Å². The number of fused-ring (bicyclic) bond motifs is 3. The van der Waals surface area contributed by atoms with E-state index in [0.717, 1.165) is 36.8 Å². The molecule has 2 amide bonds. The van der Waals surface area contributed by atoms with Crippen molar-refractivity contribution >= 4 is 22.8 Å². The Hall–Kier alpha value is -3.23. The van der Waals surface area contributed by atoms with Crippen molar-refractivity contribution in [2.75, 3.05) is 6.54 Å². The van der Waals surface area contributed by atoms with E-state index in [2.05, 4.69) is 25.3 Å². The lowest BCUT2D eigenvalue weighted by atomic mass is 10.0. The van der Waals surface area contributed by atoms with Gasteiger partial charge in [-0.2, -0.15) is 0 Å². The molecule has 9 heteroatoms. The highest BCUT2D eigenvalue weighted by molar-refractivity contribution is 5.97. The van der Waals surface area contributed by atoms with Crippen molar-refractivity contribution in [3.8, 4) is 0 Å². The van der Waals surface area contributed by atoms with Gasteiger partial charge >= 0.3 is 0 Å². The Kier molecular flexibility index (Phi) is 3.53. The summed E-state index contributed by atoms with van der Waals surface area (Å²) in [6.45, 7) is 0.711. The number of aromatic amines is 1. The van der Waals surface area contributed by atoms with Crippen LogP contribution < -0.4 is 5.32 Å². The van der Waals surface area contributed by atoms with Gasteiger partial charge in [0.05, 0.1) is 11.7 Å². The molecule has 0 aromatic carbocycles. The number of carbonyl (C=O) groups excluding carboxylic acids is 2. The number of piperidine rings is 1. The second-order valence-corrected chi connectivity index (χ2v) is 8.29. The molecular weight excluding hydrogens is 372 g/mol. The van der Waals surface area contributed by atoms with Gasteiger partial charge in [-0.1, -0.05) is 0 Å². The first-order valence-electron chi connectivity index (χ1n) is 10.0. The Morgan fingerprint density at radius 2 is 2.14 bits per heavy atom. The molecule has 2 aliphatic carbocycles. The van der Waals surface area contributed by atoms with E-state index in [4.69, 9.17) is 4.42 Å². The predicted molar refractivity (Wildman–Crippen MR) is 101 cm³/mol. The standard InChI is InChI=1S/C20H20N6O3/c27-19(14-5-12-6-21-8-22-18(12)24-14)25-13-3-10-4-15(13)26(7-10)20(28)17-16(11-1-2-11)23-9-29-17/h5-6,8-11,13,15H,1-4,7H2,(H,25,27)(H,21,22,24)/t10-,13-,15-/m1/s1. The molecule has 1 saturated heterocycles. The molecule has 3 aromatic heterocycles. The fraction of sp³-hybridized carbons (Fsp3) is 0.450. The number of aromatic nitrogens is 4. The summed E-state index contributed by atoms with van der Waals surface area (Å²) in [7, 11) is 0. The van der Waals surface area contributed by atoms with Crippen molar-refractivity contribution in [1.29, 1.82) is 0 Å². The van der Waals surface area contributed by atoms with E-state index in [-0.39, 0.29) is 23.9 Å². The molecule has 1 aliphatic heterocycles. The minimum atomic E-state index is -0.189. The molecule has 0 radical (unpaired) electrons. The van der Waals surface area contributed by atoms with E-state index < -0.39 is 0 Å². The van der Waals surface area contributed by atoms with Gasteiger partial charge in [-0.25, -0.2) is 15.0 Å². The van der Waals surface area contributed by atoms with Gasteiger partial charge in [0, 0.05) is 30.1 Å². The van der Waals surface area contributed by atoms with Crippen LogP contribution in [0.5, 0.6) is 0 Å². The molecule has 0 unspecified atom stereocenters. The van der Waals surface area contributed by atoms with Crippen LogP contribution in [0.25, 0.3) is 11.0 Å². The summed E-state index contributed by atoms with van der Waals surface area (Å²) in [6, 6.07) is 1.66. The summed E-state index contributed by atoms with van der Waals surface area (Å²) in [5.74, 6) is 0.838. The quantitative estimate of drug-likeness (QED) is 0.700. The fourth-order valence-electron chi connectivity index (χ4n) is 4.84. The number of likely N-dealkylation sites (tertiary alicyclic amines) is 1. The van der Waals surface area contributed by atoms with Crippen LogP contribution in [0.3, 0.4) is 0 Å². The monoisotopic (exact) mass is 392 g/mol. The third kappa shape index (κ3) is 2.72. The van der Waals surface area contributed by atoms with Gasteiger partial charge in [0.15, 0.2) is 6.39 Å². The van der Waals surface area contributed by atoms with Crippen molar-refractivity contribution in [3.05, 3.63) is 42.1 Å². The Morgan fingerprint density at radius 1 is 1.24 bits per heavy atom. The number of hydrogen-bond acceptors (Lipinski definition) is 6. The highest BCUT2D eigenvalue weighted by Crippen LogP contribution is 2.43.